The van der Waals surface area contributed by atoms with Crippen molar-refractivity contribution in [1.29, 1.82) is 0 Å². The Balaban J connectivity index is 1.59. The summed E-state index contributed by atoms with van der Waals surface area (Å²) >= 11 is 11.1. The van der Waals surface area contributed by atoms with Crippen molar-refractivity contribution in [2.75, 3.05) is 7.11 Å². The van der Waals surface area contributed by atoms with E-state index in [9.17, 15) is 9.59 Å². The van der Waals surface area contributed by atoms with E-state index >= 15 is 0 Å². The van der Waals surface area contributed by atoms with E-state index in [4.69, 9.17) is 25.8 Å². The molecule has 0 aliphatic carbocycles. The number of hydrogen-bond acceptors (Lipinski definition) is 7. The van der Waals surface area contributed by atoms with Gasteiger partial charge in [-0.05, 0) is 68.8 Å². The first-order chi connectivity index (χ1) is 20.2. The standard InChI is InChI=1S/C32H28BrClN2O5S/c1-18(2)41-31(38)28-19(3)35-32-36(29(28)24-16-22(33)12-13-26(24)39-4)30(37)27(42-32)15-20-8-7-10-23(14-20)40-17-21-9-5-6-11-25(21)34/h5-16,18,29H,17H2,1-4H3/b27-15-/t29-/m1/s1. The predicted molar refractivity (Wildman–Crippen MR) is 168 cm³/mol. The molecule has 10 heteroatoms. The second-order valence-electron chi connectivity index (χ2n) is 9.87. The fourth-order valence-corrected chi connectivity index (χ4v) is 6.31. The summed E-state index contributed by atoms with van der Waals surface area (Å²) in [6, 6.07) is 19.7. The molecule has 7 nitrogen and oxygen atoms in total. The van der Waals surface area contributed by atoms with Gasteiger partial charge in [0, 0.05) is 20.6 Å². The van der Waals surface area contributed by atoms with Gasteiger partial charge in [-0.3, -0.25) is 9.36 Å². The molecule has 0 saturated carbocycles. The molecule has 0 saturated heterocycles. The van der Waals surface area contributed by atoms with E-state index in [0.717, 1.165) is 15.6 Å². The summed E-state index contributed by atoms with van der Waals surface area (Å²) in [5.41, 5.74) is 2.78. The van der Waals surface area contributed by atoms with Crippen LogP contribution in [0.2, 0.25) is 5.02 Å². The molecule has 1 aromatic heterocycles. The van der Waals surface area contributed by atoms with Gasteiger partial charge in [-0.15, -0.1) is 0 Å². The molecule has 5 rings (SSSR count). The molecule has 1 atom stereocenters. The van der Waals surface area contributed by atoms with Crippen molar-refractivity contribution in [3.63, 3.8) is 0 Å². The Morgan fingerprint density at radius 1 is 1.14 bits per heavy atom. The number of ether oxygens (including phenoxy) is 3. The van der Waals surface area contributed by atoms with Crippen LogP contribution in [0, 0.1) is 0 Å². The summed E-state index contributed by atoms with van der Waals surface area (Å²) in [6.07, 6.45) is 1.45. The van der Waals surface area contributed by atoms with Crippen LogP contribution < -0.4 is 24.4 Å². The van der Waals surface area contributed by atoms with Gasteiger partial charge in [0.05, 0.1) is 29.0 Å². The quantitative estimate of drug-likeness (QED) is 0.210. The average Bonchev–Trinajstić information content (AvgIpc) is 3.25. The fraction of sp³-hybridized carbons (Fsp3) is 0.219. The number of benzene rings is 3. The second-order valence-corrected chi connectivity index (χ2v) is 12.2. The molecule has 2 heterocycles. The number of nitrogens with zero attached hydrogens (tertiary/aromatic N) is 2. The van der Waals surface area contributed by atoms with Crippen molar-refractivity contribution in [3.05, 3.63) is 124 Å². The lowest BCUT2D eigenvalue weighted by Gasteiger charge is -2.26. The number of thiazole rings is 1. The number of hydrogen-bond donors (Lipinski definition) is 0. The van der Waals surface area contributed by atoms with E-state index in [1.807, 2.05) is 60.7 Å². The highest BCUT2D eigenvalue weighted by Crippen LogP contribution is 2.37. The van der Waals surface area contributed by atoms with E-state index < -0.39 is 12.0 Å². The minimum absolute atomic E-state index is 0.282. The first kappa shape index (κ1) is 29.8. The van der Waals surface area contributed by atoms with E-state index in [2.05, 4.69) is 20.9 Å². The number of carbonyl (C=O) groups excluding carboxylic acids is 1. The fourth-order valence-electron chi connectivity index (χ4n) is 4.70. The third-order valence-electron chi connectivity index (χ3n) is 6.58. The number of methoxy groups -OCH3 is 1. The molecular formula is C32H28BrClN2O5S. The third-order valence-corrected chi connectivity index (χ3v) is 8.42. The van der Waals surface area contributed by atoms with Crippen molar-refractivity contribution in [2.24, 2.45) is 4.99 Å². The molecule has 1 aliphatic heterocycles. The van der Waals surface area contributed by atoms with Crippen LogP contribution in [0.4, 0.5) is 0 Å². The Bertz CT molecular complexity index is 1880. The smallest absolute Gasteiger partial charge is 0.338 e. The second kappa shape index (κ2) is 12.7. The highest BCUT2D eigenvalue weighted by molar-refractivity contribution is 9.10. The normalized spacial score (nSPS) is 14.9. The van der Waals surface area contributed by atoms with Gasteiger partial charge >= 0.3 is 5.97 Å². The SMILES string of the molecule is COc1ccc(Br)cc1[C@@H]1C(C(=O)OC(C)C)=C(C)N=c2s/c(=C\c3cccc(OCc4ccccc4Cl)c3)c(=O)n21. The Hall–Kier alpha value is -3.66. The summed E-state index contributed by atoms with van der Waals surface area (Å²) < 4.78 is 20.0. The number of fused-ring (bicyclic) bond motifs is 1. The summed E-state index contributed by atoms with van der Waals surface area (Å²) in [5.74, 6) is 0.643. The van der Waals surface area contributed by atoms with Crippen molar-refractivity contribution >= 4 is 50.9 Å². The first-order valence-corrected chi connectivity index (χ1v) is 15.2. The van der Waals surface area contributed by atoms with Crippen molar-refractivity contribution < 1.29 is 19.0 Å². The molecular weight excluding hydrogens is 640 g/mol. The molecule has 3 aromatic carbocycles. The lowest BCUT2D eigenvalue weighted by atomic mass is 9.95. The van der Waals surface area contributed by atoms with Crippen LogP contribution >= 0.6 is 38.9 Å². The Morgan fingerprint density at radius 2 is 1.93 bits per heavy atom. The number of halogens is 2. The molecule has 0 fully saturated rings. The molecule has 0 radical (unpaired) electrons. The van der Waals surface area contributed by atoms with E-state index in [-0.39, 0.29) is 17.2 Å². The molecule has 4 aromatic rings. The zero-order valence-corrected chi connectivity index (χ0v) is 26.5. The van der Waals surface area contributed by atoms with Gasteiger partial charge in [-0.2, -0.15) is 0 Å². The summed E-state index contributed by atoms with van der Waals surface area (Å²) in [5, 5.41) is 0.637. The monoisotopic (exact) mass is 666 g/mol. The Morgan fingerprint density at radius 3 is 2.67 bits per heavy atom. The predicted octanol–water partition coefficient (Wildman–Crippen LogP) is 6.19. The van der Waals surface area contributed by atoms with Crippen molar-refractivity contribution in [3.8, 4) is 11.5 Å². The Labute approximate surface area is 260 Å². The number of rotatable bonds is 8. The topological polar surface area (TPSA) is 79.1 Å². The number of allylic oxidation sites excluding steroid dienone is 1. The number of aromatic nitrogens is 1. The van der Waals surface area contributed by atoms with Gasteiger partial charge in [-0.25, -0.2) is 9.79 Å². The highest BCUT2D eigenvalue weighted by Gasteiger charge is 2.35. The molecule has 0 N–H and O–H groups in total. The van der Waals surface area contributed by atoms with Gasteiger partial charge in [0.25, 0.3) is 5.56 Å². The summed E-state index contributed by atoms with van der Waals surface area (Å²) in [6.45, 7) is 5.63. The molecule has 0 unspecified atom stereocenters. The largest absolute Gasteiger partial charge is 0.496 e. The van der Waals surface area contributed by atoms with Crippen LogP contribution in [0.3, 0.4) is 0 Å². The number of esters is 1. The van der Waals surface area contributed by atoms with Gasteiger partial charge < -0.3 is 14.2 Å². The molecule has 0 bridgehead atoms. The van der Waals surface area contributed by atoms with Crippen molar-refractivity contribution in [2.45, 2.75) is 39.5 Å². The maximum absolute atomic E-state index is 14.0. The molecule has 216 valence electrons. The van der Waals surface area contributed by atoms with Crippen LogP contribution in [0.1, 0.15) is 43.5 Å². The lowest BCUT2D eigenvalue weighted by Crippen LogP contribution is -2.40. The lowest BCUT2D eigenvalue weighted by molar-refractivity contribution is -0.143. The minimum atomic E-state index is -0.799. The van der Waals surface area contributed by atoms with E-state index in [1.165, 1.54) is 11.3 Å². The maximum Gasteiger partial charge on any atom is 0.338 e. The Kier molecular flexibility index (Phi) is 9.01. The third kappa shape index (κ3) is 6.23. The first-order valence-electron chi connectivity index (χ1n) is 13.2. The van der Waals surface area contributed by atoms with Crippen LogP contribution in [0.15, 0.2) is 92.3 Å². The molecule has 42 heavy (non-hydrogen) atoms. The van der Waals surface area contributed by atoms with Crippen LogP contribution in [0.5, 0.6) is 11.5 Å². The number of carbonyl (C=O) groups is 1. The molecule has 0 spiro atoms. The molecule has 1 aliphatic rings. The van der Waals surface area contributed by atoms with Crippen LogP contribution in [0.25, 0.3) is 6.08 Å². The van der Waals surface area contributed by atoms with Crippen molar-refractivity contribution in [1.82, 2.24) is 4.57 Å². The zero-order chi connectivity index (χ0) is 30.0. The van der Waals surface area contributed by atoms with E-state index in [0.29, 0.717) is 43.7 Å². The minimum Gasteiger partial charge on any atom is -0.496 e. The summed E-state index contributed by atoms with van der Waals surface area (Å²) in [7, 11) is 1.56. The van der Waals surface area contributed by atoms with Gasteiger partial charge in [0.15, 0.2) is 4.80 Å². The average molecular weight is 668 g/mol. The summed E-state index contributed by atoms with van der Waals surface area (Å²) in [4.78, 5) is 32.6. The van der Waals surface area contributed by atoms with Crippen LogP contribution in [-0.4, -0.2) is 23.8 Å². The van der Waals surface area contributed by atoms with Gasteiger partial charge in [-0.1, -0.05) is 69.2 Å². The van der Waals surface area contributed by atoms with Gasteiger partial charge in [0.2, 0.25) is 0 Å². The van der Waals surface area contributed by atoms with Crippen LogP contribution in [-0.2, 0) is 16.1 Å². The van der Waals surface area contributed by atoms with Gasteiger partial charge in [0.1, 0.15) is 24.1 Å². The van der Waals surface area contributed by atoms with E-state index in [1.54, 1.807) is 44.6 Å². The molecule has 0 amide bonds. The maximum atomic E-state index is 14.0. The highest BCUT2D eigenvalue weighted by atomic mass is 79.9. The zero-order valence-electron chi connectivity index (χ0n) is 23.4.